The second-order valence-electron chi connectivity index (χ2n) is 2.03. The predicted molar refractivity (Wildman–Crippen MR) is 25.3 cm³/mol. The summed E-state index contributed by atoms with van der Waals surface area (Å²) < 4.78 is 12.2. The van der Waals surface area contributed by atoms with E-state index in [0.717, 1.165) is 0 Å². The number of hydrogen-bond acceptors (Lipinski definition) is 2. The maximum absolute atomic E-state index is 12.2. The molecular weight excluding hydrogens is 97.0 g/mol. The Morgan fingerprint density at radius 3 is 2.14 bits per heavy atom. The molecule has 0 aliphatic heterocycles. The van der Waals surface area contributed by atoms with Crippen molar-refractivity contribution in [1.82, 2.24) is 0 Å². The van der Waals surface area contributed by atoms with Crippen LogP contribution in [0.3, 0.4) is 0 Å². The van der Waals surface area contributed by atoms with Gasteiger partial charge in [0.1, 0.15) is 12.3 Å². The molecule has 0 radical (unpaired) electrons. The van der Waals surface area contributed by atoms with E-state index in [0.29, 0.717) is 0 Å². The minimum atomic E-state index is -1.30. The molecule has 2 nitrogen and oxygen atoms in total. The highest BCUT2D eigenvalue weighted by atomic mass is 19.1. The average Bonchev–Trinajstić information content (AvgIpc) is 1.30. The second kappa shape index (κ2) is 2.23. The molecule has 0 aromatic rings. The van der Waals surface area contributed by atoms with E-state index >= 15 is 0 Å². The van der Waals surface area contributed by atoms with Crippen molar-refractivity contribution in [3.63, 3.8) is 0 Å². The van der Waals surface area contributed by atoms with Crippen LogP contribution < -0.4 is 5.90 Å². The van der Waals surface area contributed by atoms with Crippen LogP contribution in [0.4, 0.5) is 4.39 Å². The lowest BCUT2D eigenvalue weighted by Gasteiger charge is -2.09. The molecule has 0 unspecified atom stereocenters. The van der Waals surface area contributed by atoms with E-state index in [1.165, 1.54) is 13.8 Å². The summed E-state index contributed by atoms with van der Waals surface area (Å²) in [6.07, 6.45) is 0. The molecular formula is C4H10FNO. The molecule has 0 aromatic heterocycles. The first-order valence-electron chi connectivity index (χ1n) is 2.07. The van der Waals surface area contributed by atoms with Gasteiger partial charge in [0.25, 0.3) is 0 Å². The van der Waals surface area contributed by atoms with Crippen molar-refractivity contribution in [3.8, 4) is 0 Å². The highest BCUT2D eigenvalue weighted by molar-refractivity contribution is 4.62. The molecule has 0 fully saturated rings. The smallest absolute Gasteiger partial charge is 0.130 e. The van der Waals surface area contributed by atoms with Crippen LogP contribution in [0.15, 0.2) is 0 Å². The summed E-state index contributed by atoms with van der Waals surface area (Å²) in [5.74, 6) is 4.57. The van der Waals surface area contributed by atoms with E-state index in [4.69, 9.17) is 0 Å². The number of halogens is 1. The van der Waals surface area contributed by atoms with Crippen LogP contribution in [0.25, 0.3) is 0 Å². The third-order valence-electron chi connectivity index (χ3n) is 0.427. The van der Waals surface area contributed by atoms with E-state index in [-0.39, 0.29) is 6.61 Å². The fourth-order valence-corrected chi connectivity index (χ4v) is 0.198. The van der Waals surface area contributed by atoms with Gasteiger partial charge < -0.3 is 4.84 Å². The lowest BCUT2D eigenvalue weighted by Crippen LogP contribution is -2.22. The summed E-state index contributed by atoms with van der Waals surface area (Å²) in [6, 6.07) is 0. The first kappa shape index (κ1) is 6.85. The van der Waals surface area contributed by atoms with E-state index in [2.05, 4.69) is 10.7 Å². The van der Waals surface area contributed by atoms with Gasteiger partial charge in [-0.25, -0.2) is 10.3 Å². The zero-order chi connectivity index (χ0) is 5.91. The van der Waals surface area contributed by atoms with Crippen LogP contribution in [0.5, 0.6) is 0 Å². The maximum Gasteiger partial charge on any atom is 0.130 e. The third kappa shape index (κ3) is 5.85. The van der Waals surface area contributed by atoms with Crippen molar-refractivity contribution in [1.29, 1.82) is 0 Å². The molecule has 0 amide bonds. The molecule has 0 saturated heterocycles. The molecule has 0 aliphatic carbocycles. The molecule has 7 heavy (non-hydrogen) atoms. The molecule has 44 valence electrons. The average molecular weight is 107 g/mol. The minimum Gasteiger partial charge on any atom is -0.301 e. The molecule has 3 heteroatoms. The Labute approximate surface area is 42.4 Å². The van der Waals surface area contributed by atoms with Gasteiger partial charge in [-0.2, -0.15) is 0 Å². The Kier molecular flexibility index (Phi) is 2.19. The molecule has 0 aromatic carbocycles. The molecule has 0 spiro atoms. The first-order valence-corrected chi connectivity index (χ1v) is 2.07. The van der Waals surface area contributed by atoms with Crippen molar-refractivity contribution in [2.45, 2.75) is 19.5 Å². The second-order valence-corrected chi connectivity index (χ2v) is 2.03. The van der Waals surface area contributed by atoms with Crippen molar-refractivity contribution >= 4 is 0 Å². The number of hydrogen-bond donors (Lipinski definition) is 1. The normalized spacial score (nSPS) is 12.0. The fourth-order valence-electron chi connectivity index (χ4n) is 0.198. The Balaban J connectivity index is 3.15. The van der Waals surface area contributed by atoms with E-state index in [1.54, 1.807) is 0 Å². The topological polar surface area (TPSA) is 35.2 Å². The molecule has 0 bridgehead atoms. The van der Waals surface area contributed by atoms with Crippen molar-refractivity contribution in [2.75, 3.05) is 6.61 Å². The van der Waals surface area contributed by atoms with Crippen LogP contribution in [0.2, 0.25) is 0 Å². The quantitative estimate of drug-likeness (QED) is 0.525. The molecule has 0 rings (SSSR count). The number of alkyl halides is 1. The van der Waals surface area contributed by atoms with Crippen LogP contribution in [0.1, 0.15) is 13.8 Å². The van der Waals surface area contributed by atoms with Crippen LogP contribution in [0, 0.1) is 0 Å². The van der Waals surface area contributed by atoms with Crippen molar-refractivity contribution < 1.29 is 9.23 Å². The fraction of sp³-hybridized carbons (Fsp3) is 1.00. The zero-order valence-corrected chi connectivity index (χ0v) is 4.57. The molecule has 0 atom stereocenters. The van der Waals surface area contributed by atoms with Gasteiger partial charge in [-0.05, 0) is 13.8 Å². The monoisotopic (exact) mass is 107 g/mol. The van der Waals surface area contributed by atoms with Gasteiger partial charge >= 0.3 is 0 Å². The van der Waals surface area contributed by atoms with E-state index < -0.39 is 5.67 Å². The highest BCUT2D eigenvalue weighted by Gasteiger charge is 2.13. The van der Waals surface area contributed by atoms with Gasteiger partial charge in [-0.1, -0.05) is 0 Å². The summed E-state index contributed by atoms with van der Waals surface area (Å²) in [6.45, 7) is 2.76. The first-order chi connectivity index (χ1) is 3.06. The van der Waals surface area contributed by atoms with Gasteiger partial charge in [-0.15, -0.1) is 0 Å². The van der Waals surface area contributed by atoms with Crippen LogP contribution in [-0.4, -0.2) is 12.3 Å². The van der Waals surface area contributed by atoms with Gasteiger partial charge in [0, 0.05) is 0 Å². The molecule has 0 saturated carbocycles. The number of rotatable bonds is 2. The van der Waals surface area contributed by atoms with E-state index in [9.17, 15) is 4.39 Å². The molecule has 2 N–H and O–H groups in total. The highest BCUT2D eigenvalue weighted by Crippen LogP contribution is 2.05. The van der Waals surface area contributed by atoms with Crippen LogP contribution >= 0.6 is 0 Å². The van der Waals surface area contributed by atoms with Gasteiger partial charge in [0.05, 0.1) is 0 Å². The molecule has 0 heterocycles. The van der Waals surface area contributed by atoms with Gasteiger partial charge in [0.15, 0.2) is 0 Å². The third-order valence-corrected chi connectivity index (χ3v) is 0.427. The largest absolute Gasteiger partial charge is 0.301 e. The predicted octanol–water partition coefficient (Wildman–Crippen LogP) is 0.625. The number of nitrogens with two attached hydrogens (primary N) is 1. The SMILES string of the molecule is CC(C)(F)CON. The standard InChI is InChI=1S/C4H10FNO/c1-4(2,5)3-7-6/h3,6H2,1-2H3. The summed E-state index contributed by atoms with van der Waals surface area (Å²) in [5, 5.41) is 0. The van der Waals surface area contributed by atoms with Crippen molar-refractivity contribution in [2.24, 2.45) is 5.90 Å². The lowest BCUT2D eigenvalue weighted by atomic mass is 10.2. The van der Waals surface area contributed by atoms with Gasteiger partial charge in [-0.3, -0.25) is 0 Å². The Morgan fingerprint density at radius 1 is 1.71 bits per heavy atom. The Hall–Kier alpha value is -0.150. The molecule has 0 aliphatic rings. The summed E-state index contributed by atoms with van der Waals surface area (Å²) in [7, 11) is 0. The maximum atomic E-state index is 12.2. The minimum absolute atomic E-state index is 0.0486. The Bertz CT molecular complexity index is 50.1. The lowest BCUT2D eigenvalue weighted by molar-refractivity contribution is 0.0367. The summed E-state index contributed by atoms with van der Waals surface area (Å²) >= 11 is 0. The summed E-state index contributed by atoms with van der Waals surface area (Å²) in [5.41, 5.74) is -1.30. The van der Waals surface area contributed by atoms with Crippen molar-refractivity contribution in [3.05, 3.63) is 0 Å². The Morgan fingerprint density at radius 2 is 2.14 bits per heavy atom. The van der Waals surface area contributed by atoms with Gasteiger partial charge in [0.2, 0.25) is 0 Å². The van der Waals surface area contributed by atoms with E-state index in [1.807, 2.05) is 0 Å². The van der Waals surface area contributed by atoms with Crippen LogP contribution in [-0.2, 0) is 4.84 Å². The summed E-state index contributed by atoms with van der Waals surface area (Å²) in [4.78, 5) is 4.03. The zero-order valence-electron chi connectivity index (χ0n) is 4.57.